The van der Waals surface area contributed by atoms with Crippen molar-refractivity contribution in [3.8, 4) is 6.07 Å². The van der Waals surface area contributed by atoms with Crippen molar-refractivity contribution in [1.29, 1.82) is 5.26 Å². The maximum absolute atomic E-state index is 8.04. The van der Waals surface area contributed by atoms with Crippen LogP contribution in [0.5, 0.6) is 0 Å². The highest BCUT2D eigenvalue weighted by Crippen LogP contribution is 2.00. The first-order valence-corrected chi connectivity index (χ1v) is 1.99. The Kier molecular flexibility index (Phi) is 0.771. The molecule has 6 heavy (non-hydrogen) atoms. The summed E-state index contributed by atoms with van der Waals surface area (Å²) in [6.45, 7) is 0.901. The highest BCUT2D eigenvalue weighted by Gasteiger charge is 2.15. The molecule has 0 aromatic rings. The van der Waals surface area contributed by atoms with Gasteiger partial charge in [0.25, 0.3) is 0 Å². The highest BCUT2D eigenvalue weighted by atomic mass is 15.0. The van der Waals surface area contributed by atoms with E-state index in [1.807, 2.05) is 6.07 Å². The maximum Gasteiger partial charge on any atom is 0.112 e. The van der Waals surface area contributed by atoms with E-state index >= 15 is 0 Å². The smallest absolute Gasteiger partial charge is 0.112 e. The van der Waals surface area contributed by atoms with Crippen molar-refractivity contribution in [2.75, 3.05) is 6.54 Å². The summed E-state index contributed by atoms with van der Waals surface area (Å²) in [5.41, 5.74) is 0. The molecule has 1 saturated heterocycles. The Balaban J connectivity index is 2.22. The van der Waals surface area contributed by atoms with Crippen molar-refractivity contribution in [2.45, 2.75) is 12.5 Å². The lowest BCUT2D eigenvalue weighted by Crippen LogP contribution is -2.34. The summed E-state index contributed by atoms with van der Waals surface area (Å²) >= 11 is 0. The molecule has 0 N–H and O–H groups in total. The zero-order chi connectivity index (χ0) is 4.41. The van der Waals surface area contributed by atoms with E-state index in [1.54, 1.807) is 0 Å². The van der Waals surface area contributed by atoms with Crippen LogP contribution in [0.3, 0.4) is 0 Å². The van der Waals surface area contributed by atoms with Crippen LogP contribution >= 0.6 is 0 Å². The fourth-order valence-corrected chi connectivity index (χ4v) is 0.364. The first-order chi connectivity index (χ1) is 2.93. The van der Waals surface area contributed by atoms with Gasteiger partial charge >= 0.3 is 0 Å². The lowest BCUT2D eigenvalue weighted by Gasteiger charge is -2.16. The molecule has 0 amide bonds. The van der Waals surface area contributed by atoms with Gasteiger partial charge in [0.1, 0.15) is 6.04 Å². The number of nitriles is 1. The van der Waals surface area contributed by atoms with Gasteiger partial charge < -0.3 is 0 Å². The minimum absolute atomic E-state index is 0.0463. The van der Waals surface area contributed by atoms with Gasteiger partial charge in [-0.3, -0.25) is 0 Å². The molecule has 1 fully saturated rings. The van der Waals surface area contributed by atoms with Crippen LogP contribution in [0, 0.1) is 11.3 Å². The van der Waals surface area contributed by atoms with E-state index in [2.05, 4.69) is 5.32 Å². The molecule has 0 aromatic carbocycles. The lowest BCUT2D eigenvalue weighted by molar-refractivity contribution is 0.433. The van der Waals surface area contributed by atoms with Gasteiger partial charge in [-0.05, 0) is 6.42 Å². The second-order valence-electron chi connectivity index (χ2n) is 1.34. The standard InChI is InChI=1S/C4H5N2/c5-3-4-1-2-6-4/h4H,1-2H2. The Bertz CT molecular complexity index is 78.0. The Hall–Kier alpha value is -0.550. The molecule has 0 bridgehead atoms. The van der Waals surface area contributed by atoms with Gasteiger partial charge in [-0.15, -0.1) is 0 Å². The van der Waals surface area contributed by atoms with Gasteiger partial charge in [-0.1, -0.05) is 0 Å². The van der Waals surface area contributed by atoms with Crippen LogP contribution in [-0.4, -0.2) is 12.6 Å². The molecule has 1 aliphatic rings. The Labute approximate surface area is 36.8 Å². The molecule has 0 aromatic heterocycles. The average Bonchev–Trinajstić information content (AvgIpc) is 1.31. The second-order valence-corrected chi connectivity index (χ2v) is 1.34. The average molecular weight is 81.1 g/mol. The molecule has 0 spiro atoms. The van der Waals surface area contributed by atoms with Crippen LogP contribution in [-0.2, 0) is 0 Å². The molecule has 2 nitrogen and oxygen atoms in total. The zero-order valence-electron chi connectivity index (χ0n) is 3.39. The van der Waals surface area contributed by atoms with E-state index in [0.717, 1.165) is 13.0 Å². The summed E-state index contributed by atoms with van der Waals surface area (Å²) in [7, 11) is 0. The van der Waals surface area contributed by atoms with Crippen molar-refractivity contribution in [1.82, 2.24) is 5.32 Å². The van der Waals surface area contributed by atoms with Gasteiger partial charge in [0.2, 0.25) is 0 Å². The van der Waals surface area contributed by atoms with E-state index < -0.39 is 0 Å². The quantitative estimate of drug-likeness (QED) is 0.401. The van der Waals surface area contributed by atoms with Gasteiger partial charge in [-0.2, -0.15) is 5.26 Å². The molecule has 2 heteroatoms. The van der Waals surface area contributed by atoms with E-state index in [9.17, 15) is 0 Å². The summed E-state index contributed by atoms with van der Waals surface area (Å²) in [6.07, 6.45) is 0.983. The van der Waals surface area contributed by atoms with Crippen molar-refractivity contribution < 1.29 is 0 Å². The topological polar surface area (TPSA) is 37.9 Å². The first kappa shape index (κ1) is 3.63. The Morgan fingerprint density at radius 2 is 2.50 bits per heavy atom. The van der Waals surface area contributed by atoms with Crippen LogP contribution in [0.15, 0.2) is 0 Å². The fraction of sp³-hybridized carbons (Fsp3) is 0.750. The van der Waals surface area contributed by atoms with Crippen LogP contribution in [0.4, 0.5) is 0 Å². The van der Waals surface area contributed by atoms with E-state index in [1.165, 1.54) is 0 Å². The summed E-state index contributed by atoms with van der Waals surface area (Å²) < 4.78 is 0. The third-order valence-corrected chi connectivity index (χ3v) is 0.901. The molecule has 0 saturated carbocycles. The molecule has 1 atom stereocenters. The van der Waals surface area contributed by atoms with Crippen molar-refractivity contribution in [3.63, 3.8) is 0 Å². The number of rotatable bonds is 0. The molecule has 0 aliphatic carbocycles. The van der Waals surface area contributed by atoms with Crippen molar-refractivity contribution in [2.24, 2.45) is 0 Å². The molecule has 1 radical (unpaired) electrons. The summed E-state index contributed by atoms with van der Waals surface area (Å²) in [5, 5.41) is 11.9. The first-order valence-electron chi connectivity index (χ1n) is 1.99. The van der Waals surface area contributed by atoms with Crippen LogP contribution in [0.25, 0.3) is 0 Å². The van der Waals surface area contributed by atoms with Crippen molar-refractivity contribution >= 4 is 0 Å². The number of nitrogens with zero attached hydrogens (tertiary/aromatic N) is 2. The number of hydrogen-bond donors (Lipinski definition) is 0. The Morgan fingerprint density at radius 1 is 1.83 bits per heavy atom. The largest absolute Gasteiger partial charge is 0.223 e. The predicted molar refractivity (Wildman–Crippen MR) is 21.0 cm³/mol. The van der Waals surface area contributed by atoms with Crippen LogP contribution < -0.4 is 5.32 Å². The zero-order valence-corrected chi connectivity index (χ0v) is 3.39. The Morgan fingerprint density at radius 3 is 2.50 bits per heavy atom. The fourth-order valence-electron chi connectivity index (χ4n) is 0.364. The van der Waals surface area contributed by atoms with Crippen LogP contribution in [0.2, 0.25) is 0 Å². The van der Waals surface area contributed by atoms with Gasteiger partial charge in [0, 0.05) is 6.54 Å². The summed E-state index contributed by atoms with van der Waals surface area (Å²) in [5.74, 6) is 0. The molecular weight excluding hydrogens is 76.1 g/mol. The second kappa shape index (κ2) is 1.27. The van der Waals surface area contributed by atoms with Crippen LogP contribution in [0.1, 0.15) is 6.42 Å². The molecular formula is C4H5N2. The molecule has 1 heterocycles. The summed E-state index contributed by atoms with van der Waals surface area (Å²) in [4.78, 5) is 0. The van der Waals surface area contributed by atoms with E-state index in [-0.39, 0.29) is 6.04 Å². The van der Waals surface area contributed by atoms with Gasteiger partial charge in [0.15, 0.2) is 0 Å². The van der Waals surface area contributed by atoms with Gasteiger partial charge in [-0.25, -0.2) is 5.32 Å². The predicted octanol–water partition coefficient (Wildman–Crippen LogP) is -0.113. The third-order valence-electron chi connectivity index (χ3n) is 0.901. The molecule has 31 valence electrons. The SMILES string of the molecule is N#CC1CC[N]1. The molecule has 1 rings (SSSR count). The third kappa shape index (κ3) is 0.373. The van der Waals surface area contributed by atoms with Gasteiger partial charge in [0.05, 0.1) is 6.07 Å². The lowest BCUT2D eigenvalue weighted by atomic mass is 10.1. The summed E-state index contributed by atoms with van der Waals surface area (Å²) in [6, 6.07) is 2.08. The van der Waals surface area contributed by atoms with E-state index in [4.69, 9.17) is 5.26 Å². The normalized spacial score (nSPS) is 30.8. The van der Waals surface area contributed by atoms with E-state index in [0.29, 0.717) is 0 Å². The highest BCUT2D eigenvalue weighted by molar-refractivity contribution is 4.95. The minimum Gasteiger partial charge on any atom is -0.223 e. The number of hydrogen-bond acceptors (Lipinski definition) is 1. The minimum atomic E-state index is 0.0463. The molecule has 1 aliphatic heterocycles. The maximum atomic E-state index is 8.04. The monoisotopic (exact) mass is 81.0 g/mol. The molecule has 1 unspecified atom stereocenters. The van der Waals surface area contributed by atoms with Crippen molar-refractivity contribution in [3.05, 3.63) is 0 Å².